The fraction of sp³-hybridized carbons (Fsp3) is 0.400. The van der Waals surface area contributed by atoms with Crippen LogP contribution in [0, 0.1) is 5.41 Å². The van der Waals surface area contributed by atoms with Gasteiger partial charge in [-0.25, -0.2) is 9.59 Å². The first kappa shape index (κ1) is 21.9. The molecule has 0 saturated heterocycles. The highest BCUT2D eigenvalue weighted by atomic mass is 16.5. The van der Waals surface area contributed by atoms with E-state index in [2.05, 4.69) is 22.8 Å². The number of carbonyl (C=O) groups is 3. The van der Waals surface area contributed by atoms with Crippen molar-refractivity contribution >= 4 is 18.0 Å². The molecule has 7 heteroatoms. The second-order valence-corrected chi connectivity index (χ2v) is 9.65. The molecule has 2 aliphatic carbocycles. The maximum atomic E-state index is 12.8. The van der Waals surface area contributed by atoms with Crippen molar-refractivity contribution in [1.82, 2.24) is 10.6 Å². The van der Waals surface area contributed by atoms with Crippen molar-refractivity contribution in [1.29, 1.82) is 0 Å². The quantitative estimate of drug-likeness (QED) is 0.641. The van der Waals surface area contributed by atoms with Crippen LogP contribution in [-0.2, 0) is 14.3 Å². The van der Waals surface area contributed by atoms with Gasteiger partial charge < -0.3 is 20.5 Å². The van der Waals surface area contributed by atoms with E-state index in [9.17, 15) is 19.5 Å². The lowest BCUT2D eigenvalue weighted by Crippen LogP contribution is -2.57. The molecule has 4 rings (SSSR count). The number of carboxylic acid groups (broad SMARTS) is 1. The Kier molecular flexibility index (Phi) is 5.44. The minimum Gasteiger partial charge on any atom is -0.480 e. The van der Waals surface area contributed by atoms with E-state index < -0.39 is 35.0 Å². The second-order valence-electron chi connectivity index (χ2n) is 9.65. The van der Waals surface area contributed by atoms with E-state index >= 15 is 0 Å². The van der Waals surface area contributed by atoms with Crippen LogP contribution in [0.25, 0.3) is 11.1 Å². The van der Waals surface area contributed by atoms with Gasteiger partial charge in [0.1, 0.15) is 18.2 Å². The van der Waals surface area contributed by atoms with Crippen LogP contribution >= 0.6 is 0 Å². The molecule has 2 aromatic carbocycles. The number of rotatable bonds is 6. The number of amides is 2. The molecular formula is C25H28N2O5. The molecule has 0 spiro atoms. The van der Waals surface area contributed by atoms with Gasteiger partial charge in [0.05, 0.1) is 0 Å². The number of alkyl carbamates (subject to hydrolysis) is 1. The summed E-state index contributed by atoms with van der Waals surface area (Å²) in [5.74, 6) is -1.66. The third kappa shape index (κ3) is 4.07. The molecule has 3 N–H and O–H groups in total. The van der Waals surface area contributed by atoms with Crippen LogP contribution in [-0.4, -0.2) is 41.3 Å². The van der Waals surface area contributed by atoms with Crippen molar-refractivity contribution in [3.05, 3.63) is 59.7 Å². The fourth-order valence-electron chi connectivity index (χ4n) is 4.26. The average molecular weight is 437 g/mol. The Balaban J connectivity index is 1.44. The SMILES string of the molecule is CC(C)(C)C(NC(=O)OCC1c2ccccc2-c2ccccc21)C(=O)NC1(C(=O)O)CC1. The number of aliphatic carboxylic acids is 1. The molecule has 0 heterocycles. The van der Waals surface area contributed by atoms with Crippen molar-refractivity contribution in [3.63, 3.8) is 0 Å². The highest BCUT2D eigenvalue weighted by Crippen LogP contribution is 2.44. The number of nitrogens with one attached hydrogen (secondary N) is 2. The van der Waals surface area contributed by atoms with Gasteiger partial charge in [-0.05, 0) is 40.5 Å². The molecule has 1 atom stereocenters. The summed E-state index contributed by atoms with van der Waals surface area (Å²) >= 11 is 0. The Morgan fingerprint density at radius 3 is 2.03 bits per heavy atom. The molecule has 0 aromatic heterocycles. The van der Waals surface area contributed by atoms with Crippen molar-refractivity contribution in [2.45, 2.75) is 51.1 Å². The predicted octanol–water partition coefficient (Wildman–Crippen LogP) is 3.67. The van der Waals surface area contributed by atoms with Crippen LogP contribution in [0.5, 0.6) is 0 Å². The Bertz CT molecular complexity index is 1020. The van der Waals surface area contributed by atoms with Crippen LogP contribution in [0.4, 0.5) is 4.79 Å². The van der Waals surface area contributed by atoms with Gasteiger partial charge in [-0.15, -0.1) is 0 Å². The summed E-state index contributed by atoms with van der Waals surface area (Å²) in [5, 5.41) is 14.6. The molecule has 1 unspecified atom stereocenters. The molecular weight excluding hydrogens is 408 g/mol. The maximum absolute atomic E-state index is 12.8. The first-order valence-corrected chi connectivity index (χ1v) is 10.8. The number of ether oxygens (including phenoxy) is 1. The summed E-state index contributed by atoms with van der Waals surface area (Å²) in [5.41, 5.74) is 2.61. The van der Waals surface area contributed by atoms with E-state index in [1.807, 2.05) is 36.4 Å². The monoisotopic (exact) mass is 436 g/mol. The Morgan fingerprint density at radius 1 is 1.03 bits per heavy atom. The first-order chi connectivity index (χ1) is 15.1. The molecule has 0 aliphatic heterocycles. The number of carbonyl (C=O) groups excluding carboxylic acids is 2. The minimum atomic E-state index is -1.22. The second kappa shape index (κ2) is 7.97. The Labute approximate surface area is 187 Å². The molecule has 32 heavy (non-hydrogen) atoms. The zero-order chi connectivity index (χ0) is 23.1. The summed E-state index contributed by atoms with van der Waals surface area (Å²) in [6, 6.07) is 15.2. The zero-order valence-corrected chi connectivity index (χ0v) is 18.5. The van der Waals surface area contributed by atoms with Crippen LogP contribution < -0.4 is 10.6 Å². The normalized spacial score (nSPS) is 17.0. The summed E-state index contributed by atoms with van der Waals surface area (Å²) in [6.07, 6.45) is 0.0632. The van der Waals surface area contributed by atoms with E-state index in [0.29, 0.717) is 12.8 Å². The van der Waals surface area contributed by atoms with Gasteiger partial charge in [0, 0.05) is 5.92 Å². The number of benzene rings is 2. The molecule has 168 valence electrons. The van der Waals surface area contributed by atoms with Crippen molar-refractivity contribution in [2.75, 3.05) is 6.61 Å². The summed E-state index contributed by atoms with van der Waals surface area (Å²) < 4.78 is 5.56. The van der Waals surface area contributed by atoms with Crippen LogP contribution in [0.2, 0.25) is 0 Å². The number of hydrogen-bond acceptors (Lipinski definition) is 4. The Hall–Kier alpha value is -3.35. The van der Waals surface area contributed by atoms with Crippen molar-refractivity contribution in [3.8, 4) is 11.1 Å². The van der Waals surface area contributed by atoms with Crippen molar-refractivity contribution in [2.24, 2.45) is 5.41 Å². The van der Waals surface area contributed by atoms with Gasteiger partial charge in [-0.3, -0.25) is 4.79 Å². The molecule has 0 bridgehead atoms. The molecule has 1 saturated carbocycles. The molecule has 2 aliphatic rings. The zero-order valence-electron chi connectivity index (χ0n) is 18.5. The largest absolute Gasteiger partial charge is 0.480 e. The van der Waals surface area contributed by atoms with Gasteiger partial charge in [-0.1, -0.05) is 69.3 Å². The third-order valence-corrected chi connectivity index (χ3v) is 6.26. The fourth-order valence-corrected chi connectivity index (χ4v) is 4.26. The maximum Gasteiger partial charge on any atom is 0.407 e. The lowest BCUT2D eigenvalue weighted by Gasteiger charge is -2.31. The van der Waals surface area contributed by atoms with Gasteiger partial charge in [0.2, 0.25) is 5.91 Å². The number of carboxylic acids is 1. The molecule has 1 fully saturated rings. The van der Waals surface area contributed by atoms with Crippen LogP contribution in [0.3, 0.4) is 0 Å². The van der Waals surface area contributed by atoms with E-state index in [1.165, 1.54) is 0 Å². The lowest BCUT2D eigenvalue weighted by molar-refractivity contribution is -0.143. The topological polar surface area (TPSA) is 105 Å². The minimum absolute atomic E-state index is 0.0863. The average Bonchev–Trinajstić information content (AvgIpc) is 3.46. The standard InChI is InChI=1S/C25H28N2O5/c1-24(2,3)20(21(28)27-25(12-13-25)22(29)30)26-23(31)32-14-19-17-10-6-4-8-15(17)16-9-5-7-11-18(16)19/h4-11,19-20H,12-14H2,1-3H3,(H,26,31)(H,27,28)(H,29,30). The van der Waals surface area contributed by atoms with E-state index in [0.717, 1.165) is 22.3 Å². The summed E-state index contributed by atoms with van der Waals surface area (Å²) in [4.78, 5) is 36.9. The number of fused-ring (bicyclic) bond motifs is 3. The summed E-state index contributed by atoms with van der Waals surface area (Å²) in [6.45, 7) is 5.56. The van der Waals surface area contributed by atoms with Gasteiger partial charge in [0.15, 0.2) is 0 Å². The van der Waals surface area contributed by atoms with E-state index in [-0.39, 0.29) is 12.5 Å². The lowest BCUT2D eigenvalue weighted by atomic mass is 9.86. The third-order valence-electron chi connectivity index (χ3n) is 6.26. The number of hydrogen-bond donors (Lipinski definition) is 3. The van der Waals surface area contributed by atoms with Gasteiger partial charge >= 0.3 is 12.1 Å². The smallest absolute Gasteiger partial charge is 0.407 e. The highest BCUT2D eigenvalue weighted by molar-refractivity contribution is 5.93. The van der Waals surface area contributed by atoms with Crippen LogP contribution in [0.1, 0.15) is 50.7 Å². The van der Waals surface area contributed by atoms with Crippen molar-refractivity contribution < 1.29 is 24.2 Å². The predicted molar refractivity (Wildman–Crippen MR) is 119 cm³/mol. The highest BCUT2D eigenvalue weighted by Gasteiger charge is 2.53. The Morgan fingerprint density at radius 2 is 1.56 bits per heavy atom. The molecule has 2 aromatic rings. The van der Waals surface area contributed by atoms with Gasteiger partial charge in [0.25, 0.3) is 0 Å². The molecule has 0 radical (unpaired) electrons. The molecule has 7 nitrogen and oxygen atoms in total. The summed E-state index contributed by atoms with van der Waals surface area (Å²) in [7, 11) is 0. The van der Waals surface area contributed by atoms with Crippen LogP contribution in [0.15, 0.2) is 48.5 Å². The molecule has 2 amide bonds. The van der Waals surface area contributed by atoms with Gasteiger partial charge in [-0.2, -0.15) is 0 Å². The van der Waals surface area contributed by atoms with E-state index in [1.54, 1.807) is 20.8 Å². The first-order valence-electron chi connectivity index (χ1n) is 10.8. The van der Waals surface area contributed by atoms with E-state index in [4.69, 9.17) is 4.74 Å².